The molecule has 268 valence electrons. The van der Waals surface area contributed by atoms with Gasteiger partial charge in [-0.2, -0.15) is 4.89 Å². The second-order valence-electron chi connectivity index (χ2n) is 13.7. The lowest BCUT2D eigenvalue weighted by molar-refractivity contribution is -0.862. The predicted molar refractivity (Wildman–Crippen MR) is 183 cm³/mol. The molecular formula is C32H48BN4O10P2+. The summed E-state index contributed by atoms with van der Waals surface area (Å²) in [5.41, 5.74) is 0.984. The zero-order valence-corrected chi connectivity index (χ0v) is 29.9. The third kappa shape index (κ3) is 10.2. The number of carbonyl (C=O) groups excluding carboxylic acids is 3. The van der Waals surface area contributed by atoms with Crippen LogP contribution in [0.3, 0.4) is 0 Å². The fourth-order valence-corrected chi connectivity index (χ4v) is 9.43. The normalized spacial score (nSPS) is 23.2. The van der Waals surface area contributed by atoms with E-state index in [0.29, 0.717) is 50.1 Å². The second kappa shape index (κ2) is 17.5. The molecule has 2 unspecified atom stereocenters. The molecule has 2 aliphatic heterocycles. The molecule has 2 aromatic rings. The number of aromatic nitrogens is 2. The lowest BCUT2D eigenvalue weighted by atomic mass is 9.48. The molecule has 14 nitrogen and oxygen atoms in total. The molecule has 2 fully saturated rings. The number of quaternary nitrogens is 1. The largest absolute Gasteiger partial charge is 0.522 e. The summed E-state index contributed by atoms with van der Waals surface area (Å²) in [6, 6.07) is 8.59. The molecule has 4 rings (SSSR count). The fraction of sp³-hybridized carbons (Fsp3) is 0.594. The van der Waals surface area contributed by atoms with Crippen molar-refractivity contribution in [3.8, 4) is 0 Å². The van der Waals surface area contributed by atoms with Crippen LogP contribution in [0.5, 0.6) is 0 Å². The number of nitrogens with zero attached hydrogens (tertiary/aromatic N) is 3. The van der Waals surface area contributed by atoms with E-state index < -0.39 is 51.9 Å². The zero-order valence-electron chi connectivity index (χ0n) is 28.1. The van der Waals surface area contributed by atoms with Crippen LogP contribution in [0.25, 0.3) is 0 Å². The smallest absolute Gasteiger partial charge is 0.513 e. The Bertz CT molecular complexity index is 1490. The van der Waals surface area contributed by atoms with Crippen LogP contribution in [-0.4, -0.2) is 97.5 Å². The molecular weight excluding hydrogens is 673 g/mol. The van der Waals surface area contributed by atoms with Crippen molar-refractivity contribution in [3.63, 3.8) is 0 Å². The maximum Gasteiger partial charge on any atom is 0.522 e. The number of carbonyl (C=O) groups is 3. The number of Topliss-reactive ketones (excluding diaryl/α,β-unsaturated/α-hetero) is 2. The van der Waals surface area contributed by atoms with Crippen molar-refractivity contribution in [1.29, 1.82) is 0 Å². The minimum Gasteiger partial charge on any atom is -0.513 e. The Balaban J connectivity index is 1.58. The van der Waals surface area contributed by atoms with Gasteiger partial charge < -0.3 is 28.8 Å². The molecule has 4 atom stereocenters. The Hall–Kier alpha value is -2.74. The maximum absolute atomic E-state index is 14.4. The highest BCUT2D eigenvalue weighted by molar-refractivity contribution is 7.65. The summed E-state index contributed by atoms with van der Waals surface area (Å²) in [6.07, 6.45) is 6.33. The Kier molecular flexibility index (Phi) is 13.9. The molecule has 1 aromatic heterocycles. The van der Waals surface area contributed by atoms with Crippen molar-refractivity contribution < 1.29 is 51.9 Å². The van der Waals surface area contributed by atoms with Gasteiger partial charge in [0.25, 0.3) is 11.3 Å². The lowest BCUT2D eigenvalue weighted by Gasteiger charge is -2.66. The number of ketones is 2. The highest BCUT2D eigenvalue weighted by atomic mass is 31.2. The number of rotatable bonds is 18. The quantitative estimate of drug-likeness (QED) is 0.128. The summed E-state index contributed by atoms with van der Waals surface area (Å²) >= 11 is 0. The van der Waals surface area contributed by atoms with Gasteiger partial charge in [0, 0.05) is 64.5 Å². The van der Waals surface area contributed by atoms with Gasteiger partial charge in [-0.25, -0.2) is 4.98 Å². The van der Waals surface area contributed by atoms with Gasteiger partial charge in [-0.15, -0.1) is 0 Å². The van der Waals surface area contributed by atoms with Gasteiger partial charge in [0.15, 0.2) is 5.78 Å². The first kappa shape index (κ1) is 39.1. The van der Waals surface area contributed by atoms with Crippen molar-refractivity contribution in [2.75, 3.05) is 32.8 Å². The first-order valence-corrected chi connectivity index (χ1v) is 19.9. The number of amides is 1. The lowest BCUT2D eigenvalue weighted by Crippen LogP contribution is -2.78. The zero-order chi connectivity index (χ0) is 35.7. The van der Waals surface area contributed by atoms with Crippen LogP contribution in [0.4, 0.5) is 0 Å². The highest BCUT2D eigenvalue weighted by Gasteiger charge is 2.59. The summed E-state index contributed by atoms with van der Waals surface area (Å²) < 4.78 is 37.1. The minimum atomic E-state index is -4.94. The van der Waals surface area contributed by atoms with Gasteiger partial charge in [0.1, 0.15) is 11.5 Å². The Morgan fingerprint density at radius 3 is 2.31 bits per heavy atom. The van der Waals surface area contributed by atoms with E-state index in [0.717, 1.165) is 18.4 Å². The molecule has 0 radical (unpaired) electrons. The summed E-state index contributed by atoms with van der Waals surface area (Å²) in [7, 11) is -8.18. The summed E-state index contributed by atoms with van der Waals surface area (Å²) in [5.74, 6) is -1.33. The van der Waals surface area contributed by atoms with Gasteiger partial charge in [0.2, 0.25) is 0 Å². The fourth-order valence-electron chi connectivity index (χ4n) is 7.60. The third-order valence-electron chi connectivity index (χ3n) is 9.69. The van der Waals surface area contributed by atoms with Crippen molar-refractivity contribution >= 4 is 39.8 Å². The summed E-state index contributed by atoms with van der Waals surface area (Å²) in [6.45, 7) is 4.83. The Morgan fingerprint density at radius 1 is 1.06 bits per heavy atom. The maximum atomic E-state index is 14.4. The number of nitrogens with one attached hydrogen (secondary N) is 1. The van der Waals surface area contributed by atoms with Crippen molar-refractivity contribution in [1.82, 2.24) is 15.3 Å². The van der Waals surface area contributed by atoms with E-state index in [-0.39, 0.29) is 42.5 Å². The molecule has 1 amide bonds. The van der Waals surface area contributed by atoms with Gasteiger partial charge in [-0.05, 0) is 41.1 Å². The van der Waals surface area contributed by atoms with E-state index >= 15 is 0 Å². The molecule has 1 aromatic carbocycles. The van der Waals surface area contributed by atoms with Crippen molar-refractivity contribution in [2.24, 2.45) is 5.92 Å². The molecule has 0 saturated carbocycles. The van der Waals surface area contributed by atoms with Gasteiger partial charge in [-0.3, -0.25) is 23.9 Å². The molecule has 3 heterocycles. The van der Waals surface area contributed by atoms with Gasteiger partial charge in [-0.1, -0.05) is 50.6 Å². The van der Waals surface area contributed by atoms with Crippen LogP contribution in [0, 0.1) is 5.92 Å². The molecule has 4 N–H and O–H groups in total. The third-order valence-corrected chi connectivity index (χ3v) is 12.8. The van der Waals surface area contributed by atoms with Crippen molar-refractivity contribution in [2.45, 2.75) is 82.5 Å². The Morgan fingerprint density at radius 2 is 1.73 bits per heavy atom. The average Bonchev–Trinajstić information content (AvgIpc) is 3.06. The Labute approximate surface area is 288 Å². The summed E-state index contributed by atoms with van der Waals surface area (Å²) in [4.78, 5) is 76.8. The molecule has 17 heteroatoms. The van der Waals surface area contributed by atoms with E-state index in [1.165, 1.54) is 18.6 Å². The van der Waals surface area contributed by atoms with Gasteiger partial charge in [0.05, 0.1) is 18.7 Å². The topological polar surface area (TPSA) is 202 Å². The summed E-state index contributed by atoms with van der Waals surface area (Å²) in [5, 5.41) is 0.972. The van der Waals surface area contributed by atoms with E-state index in [1.807, 2.05) is 30.3 Å². The van der Waals surface area contributed by atoms with Crippen LogP contribution < -0.4 is 5.32 Å². The van der Waals surface area contributed by atoms with Crippen LogP contribution in [0.2, 0.25) is 5.82 Å². The van der Waals surface area contributed by atoms with Gasteiger partial charge >= 0.3 is 22.3 Å². The number of hydrogen-bond donors (Lipinski definition) is 4. The molecule has 2 saturated heterocycles. The standard InChI is InChI=1S/C32H47BN4O10P2/c1-24(2)19-26(21-30(39)28(20-25-9-4-3-5-10-25)36-32(40)29-23-34-12-13-35-29)33-37(15-7-17-46-33,16-8-18-47-33)14-6-11-27(38)22-31(48(41)42)49(43,44)45/h3-5,9-10,12-13,23-24,26,28,31H,6-8,11,14-22H2,1-2H3,(H3-,36,40,41,42,43,44,45)/p+1/t26-,28+,31?,33?,37?/m1/s1. The first-order valence-electron chi connectivity index (χ1n) is 16.9. The number of fused-ring (bicyclic) bond motifs is 1. The average molecular weight is 722 g/mol. The first-order chi connectivity index (χ1) is 23.3. The van der Waals surface area contributed by atoms with Crippen LogP contribution >= 0.6 is 15.6 Å². The van der Waals surface area contributed by atoms with Crippen molar-refractivity contribution in [3.05, 3.63) is 60.2 Å². The van der Waals surface area contributed by atoms with Crippen LogP contribution in [0.1, 0.15) is 74.8 Å². The predicted octanol–water partition coefficient (Wildman–Crippen LogP) is 3.77. The molecule has 2 aliphatic rings. The van der Waals surface area contributed by atoms with Crippen LogP contribution in [0.15, 0.2) is 48.9 Å². The SMILES string of the molecule is CC(C)C[C@H](CC(=O)[C@H](Cc1ccccc1)NC(=O)c1cnccn1)[B-]12OCCC[N+]1(CCCC(=O)CC([P+](=O)O)P(=O)(O)O)CCCO2. The van der Waals surface area contributed by atoms with E-state index in [2.05, 4.69) is 29.1 Å². The highest BCUT2D eigenvalue weighted by Crippen LogP contribution is 2.53. The number of hydrogen-bond acceptors (Lipinski definition) is 9. The minimum absolute atomic E-state index is 0.0346. The molecule has 0 bridgehead atoms. The van der Waals surface area contributed by atoms with E-state index in [4.69, 9.17) is 9.31 Å². The molecule has 49 heavy (non-hydrogen) atoms. The van der Waals surface area contributed by atoms with E-state index in [9.17, 15) is 38.2 Å². The van der Waals surface area contributed by atoms with E-state index in [1.54, 1.807) is 0 Å². The number of benzene rings is 1. The second-order valence-corrected chi connectivity index (χ2v) is 17.1. The monoisotopic (exact) mass is 721 g/mol. The van der Waals surface area contributed by atoms with Crippen LogP contribution in [-0.2, 0) is 34.4 Å². The molecule has 0 aliphatic carbocycles. The molecule has 0 spiro atoms.